The number of nitrogens with one attached hydrogen (secondary N) is 1. The Morgan fingerprint density at radius 1 is 1.40 bits per heavy atom. The lowest BCUT2D eigenvalue weighted by atomic mass is 10.00. The molecule has 0 atom stereocenters. The van der Waals surface area contributed by atoms with Gasteiger partial charge in [0.1, 0.15) is 11.4 Å². The van der Waals surface area contributed by atoms with Gasteiger partial charge in [-0.2, -0.15) is 0 Å². The Labute approximate surface area is 88.2 Å². The number of rotatable bonds is 3. The van der Waals surface area contributed by atoms with E-state index in [1.54, 1.807) is 12.1 Å². The number of hydrogen-bond donors (Lipinski definition) is 1. The van der Waals surface area contributed by atoms with E-state index < -0.39 is 0 Å². The molecule has 1 heterocycles. The fourth-order valence-corrected chi connectivity index (χ4v) is 1.54. The van der Waals surface area contributed by atoms with Crippen LogP contribution in [-0.2, 0) is 0 Å². The average molecular weight is 211 g/mol. The third-order valence-electron chi connectivity index (χ3n) is 2.48. The summed E-state index contributed by atoms with van der Waals surface area (Å²) < 4.78 is 23.7. The Hall–Kier alpha value is -1.29. The number of ether oxygens (including phenoxy) is 2. The van der Waals surface area contributed by atoms with E-state index in [2.05, 4.69) is 5.32 Å². The first kappa shape index (κ1) is 10.2. The molecule has 2 rings (SSSR count). The number of benzene rings is 1. The molecule has 0 saturated carbocycles. The van der Waals surface area contributed by atoms with Crippen molar-refractivity contribution in [2.24, 2.45) is 0 Å². The number of hydrogen-bond acceptors (Lipinski definition) is 3. The molecule has 1 fully saturated rings. The van der Waals surface area contributed by atoms with Crippen molar-refractivity contribution in [1.82, 2.24) is 5.32 Å². The molecule has 0 bridgehead atoms. The van der Waals surface area contributed by atoms with Gasteiger partial charge in [0, 0.05) is 19.2 Å². The number of methoxy groups -OCH3 is 1. The van der Waals surface area contributed by atoms with Crippen molar-refractivity contribution >= 4 is 0 Å². The van der Waals surface area contributed by atoms with E-state index in [0.717, 1.165) is 13.1 Å². The van der Waals surface area contributed by atoms with Gasteiger partial charge in [-0.1, -0.05) is 0 Å². The molecule has 0 radical (unpaired) electrons. The topological polar surface area (TPSA) is 30.5 Å². The summed E-state index contributed by atoms with van der Waals surface area (Å²) in [4.78, 5) is 0. The molecular weight excluding hydrogens is 197 g/mol. The Morgan fingerprint density at radius 2 is 2.13 bits per heavy atom. The highest BCUT2D eigenvalue weighted by atomic mass is 19.1. The third kappa shape index (κ3) is 2.04. The summed E-state index contributed by atoms with van der Waals surface area (Å²) in [5.74, 6) is 0.474. The predicted octanol–water partition coefficient (Wildman–Crippen LogP) is 1.57. The molecule has 0 aromatic heterocycles. The van der Waals surface area contributed by atoms with Crippen LogP contribution < -0.4 is 14.8 Å². The van der Waals surface area contributed by atoms with Crippen molar-refractivity contribution in [3.63, 3.8) is 0 Å². The first-order valence-electron chi connectivity index (χ1n) is 4.86. The third-order valence-corrected chi connectivity index (χ3v) is 2.48. The van der Waals surface area contributed by atoms with Gasteiger partial charge < -0.3 is 14.8 Å². The van der Waals surface area contributed by atoms with E-state index in [-0.39, 0.29) is 17.2 Å². The van der Waals surface area contributed by atoms with Gasteiger partial charge in [0.2, 0.25) is 0 Å². The maximum Gasteiger partial charge on any atom is 0.165 e. The zero-order valence-corrected chi connectivity index (χ0v) is 8.84. The molecule has 1 aliphatic rings. The van der Waals surface area contributed by atoms with Crippen LogP contribution in [0.25, 0.3) is 0 Å². The first-order chi connectivity index (χ1) is 7.13. The monoisotopic (exact) mass is 211 g/mol. The minimum absolute atomic E-state index is 0.178. The fraction of sp³-hybridized carbons (Fsp3) is 0.455. The summed E-state index contributed by atoms with van der Waals surface area (Å²) in [6.45, 7) is 3.64. The molecule has 0 spiro atoms. The molecule has 82 valence electrons. The van der Waals surface area contributed by atoms with Gasteiger partial charge in [-0.25, -0.2) is 4.39 Å². The highest BCUT2D eigenvalue weighted by molar-refractivity contribution is 5.35. The van der Waals surface area contributed by atoms with E-state index in [4.69, 9.17) is 9.47 Å². The second-order valence-corrected chi connectivity index (χ2v) is 3.95. The lowest BCUT2D eigenvalue weighted by molar-refractivity contribution is 0.0346. The van der Waals surface area contributed by atoms with Gasteiger partial charge in [-0.3, -0.25) is 0 Å². The Kier molecular flexibility index (Phi) is 2.52. The lowest BCUT2D eigenvalue weighted by Gasteiger charge is -2.39. The Balaban J connectivity index is 2.14. The minimum Gasteiger partial charge on any atom is -0.494 e. The van der Waals surface area contributed by atoms with Crippen molar-refractivity contribution in [2.45, 2.75) is 12.5 Å². The van der Waals surface area contributed by atoms with Gasteiger partial charge in [0.25, 0.3) is 0 Å². The standard InChI is InChI=1S/C11H14FNO2/c1-11(6-13-7-11)15-8-3-4-9(12)10(5-8)14-2/h3-5,13H,6-7H2,1-2H3. The summed E-state index contributed by atoms with van der Waals surface area (Å²) >= 11 is 0. The van der Waals surface area contributed by atoms with Gasteiger partial charge in [0.05, 0.1) is 7.11 Å². The molecule has 1 aromatic rings. The molecule has 15 heavy (non-hydrogen) atoms. The van der Waals surface area contributed by atoms with Crippen molar-refractivity contribution in [1.29, 1.82) is 0 Å². The van der Waals surface area contributed by atoms with Crippen LogP contribution in [0.3, 0.4) is 0 Å². The lowest BCUT2D eigenvalue weighted by Crippen LogP contribution is -2.61. The summed E-state index contributed by atoms with van der Waals surface area (Å²) in [6, 6.07) is 4.53. The molecular formula is C11H14FNO2. The zero-order chi connectivity index (χ0) is 10.9. The van der Waals surface area contributed by atoms with Crippen molar-refractivity contribution in [3.8, 4) is 11.5 Å². The molecule has 0 aliphatic carbocycles. The summed E-state index contributed by atoms with van der Waals surface area (Å²) in [7, 11) is 1.44. The summed E-state index contributed by atoms with van der Waals surface area (Å²) in [5.41, 5.74) is -0.178. The van der Waals surface area contributed by atoms with Crippen molar-refractivity contribution < 1.29 is 13.9 Å². The van der Waals surface area contributed by atoms with Crippen LogP contribution in [0.15, 0.2) is 18.2 Å². The zero-order valence-electron chi connectivity index (χ0n) is 8.84. The summed E-state index contributed by atoms with van der Waals surface area (Å²) in [5, 5.41) is 3.13. The number of halogens is 1. The van der Waals surface area contributed by atoms with Crippen molar-refractivity contribution in [2.75, 3.05) is 20.2 Å². The van der Waals surface area contributed by atoms with Crippen LogP contribution in [0, 0.1) is 5.82 Å². The molecule has 1 saturated heterocycles. The molecule has 1 aliphatic heterocycles. The smallest absolute Gasteiger partial charge is 0.165 e. The molecule has 0 amide bonds. The van der Waals surface area contributed by atoms with Gasteiger partial charge >= 0.3 is 0 Å². The summed E-state index contributed by atoms with van der Waals surface area (Å²) in [6.07, 6.45) is 0. The van der Waals surface area contributed by atoms with Crippen LogP contribution >= 0.6 is 0 Å². The predicted molar refractivity (Wildman–Crippen MR) is 54.9 cm³/mol. The van der Waals surface area contributed by atoms with Crippen LogP contribution in [0.5, 0.6) is 11.5 Å². The van der Waals surface area contributed by atoms with Gasteiger partial charge in [0.15, 0.2) is 11.6 Å². The van der Waals surface area contributed by atoms with Crippen LogP contribution in [-0.4, -0.2) is 25.8 Å². The van der Waals surface area contributed by atoms with E-state index in [1.165, 1.54) is 13.2 Å². The largest absolute Gasteiger partial charge is 0.494 e. The highest BCUT2D eigenvalue weighted by Gasteiger charge is 2.33. The van der Waals surface area contributed by atoms with Crippen LogP contribution in [0.1, 0.15) is 6.92 Å². The second-order valence-electron chi connectivity index (χ2n) is 3.95. The first-order valence-corrected chi connectivity index (χ1v) is 4.86. The SMILES string of the molecule is COc1cc(OC2(C)CNC2)ccc1F. The molecule has 1 N–H and O–H groups in total. The van der Waals surface area contributed by atoms with Crippen LogP contribution in [0.4, 0.5) is 4.39 Å². The van der Waals surface area contributed by atoms with Gasteiger partial charge in [-0.05, 0) is 19.1 Å². The second kappa shape index (κ2) is 3.70. The fourth-order valence-electron chi connectivity index (χ4n) is 1.54. The van der Waals surface area contributed by atoms with E-state index >= 15 is 0 Å². The maximum atomic E-state index is 13.1. The maximum absolute atomic E-state index is 13.1. The molecule has 3 nitrogen and oxygen atoms in total. The quantitative estimate of drug-likeness (QED) is 0.823. The average Bonchev–Trinajstić information content (AvgIpc) is 2.18. The highest BCUT2D eigenvalue weighted by Crippen LogP contribution is 2.27. The molecule has 4 heteroatoms. The molecule has 1 aromatic carbocycles. The van der Waals surface area contributed by atoms with Crippen LogP contribution in [0.2, 0.25) is 0 Å². The minimum atomic E-state index is -0.373. The van der Waals surface area contributed by atoms with E-state index in [9.17, 15) is 4.39 Å². The Morgan fingerprint density at radius 3 is 2.67 bits per heavy atom. The van der Waals surface area contributed by atoms with Gasteiger partial charge in [-0.15, -0.1) is 0 Å². The molecule has 0 unspecified atom stereocenters. The Bertz CT molecular complexity index is 364. The van der Waals surface area contributed by atoms with E-state index in [1.807, 2.05) is 6.92 Å². The van der Waals surface area contributed by atoms with E-state index in [0.29, 0.717) is 5.75 Å². The normalized spacial score (nSPS) is 18.1. The van der Waals surface area contributed by atoms with Crippen molar-refractivity contribution in [3.05, 3.63) is 24.0 Å².